The number of halogens is 1. The fourth-order valence-electron chi connectivity index (χ4n) is 3.25. The van der Waals surface area contributed by atoms with Crippen LogP contribution in [0, 0.1) is 11.7 Å². The molecule has 1 unspecified atom stereocenters. The topological polar surface area (TPSA) is 15.3 Å². The van der Waals surface area contributed by atoms with Crippen LogP contribution in [0.2, 0.25) is 0 Å². The molecule has 1 saturated heterocycles. The molecule has 0 bridgehead atoms. The minimum atomic E-state index is -0.0606. The van der Waals surface area contributed by atoms with Crippen LogP contribution in [0.4, 0.5) is 10.1 Å². The fraction of sp³-hybridized carbons (Fsp3) is 0.647. The Morgan fingerprint density at radius 1 is 1.30 bits per heavy atom. The highest BCUT2D eigenvalue weighted by molar-refractivity contribution is 5.55. The summed E-state index contributed by atoms with van der Waals surface area (Å²) in [7, 11) is 0. The van der Waals surface area contributed by atoms with Crippen LogP contribution in [0.1, 0.15) is 44.6 Å². The van der Waals surface area contributed by atoms with Crippen molar-refractivity contribution in [2.75, 3.05) is 18.0 Å². The van der Waals surface area contributed by atoms with Gasteiger partial charge in [0.25, 0.3) is 0 Å². The summed E-state index contributed by atoms with van der Waals surface area (Å²) in [6.45, 7) is 5.08. The Morgan fingerprint density at radius 2 is 2.15 bits per heavy atom. The Kier molecular flexibility index (Phi) is 4.25. The van der Waals surface area contributed by atoms with Gasteiger partial charge in [0.05, 0.1) is 0 Å². The molecule has 2 aliphatic rings. The Labute approximate surface area is 121 Å². The molecule has 2 nitrogen and oxygen atoms in total. The SMILES string of the molecule is CCCC1CCN(c2cccc(F)c2CNC2CC2)C1. The Bertz CT molecular complexity index is 456. The van der Waals surface area contributed by atoms with E-state index in [0.717, 1.165) is 30.3 Å². The summed E-state index contributed by atoms with van der Waals surface area (Å²) < 4.78 is 14.2. The van der Waals surface area contributed by atoms with Gasteiger partial charge in [-0.3, -0.25) is 0 Å². The summed E-state index contributed by atoms with van der Waals surface area (Å²) >= 11 is 0. The van der Waals surface area contributed by atoms with E-state index in [2.05, 4.69) is 23.2 Å². The lowest BCUT2D eigenvalue weighted by Gasteiger charge is -2.23. The molecule has 1 saturated carbocycles. The molecule has 1 aliphatic heterocycles. The van der Waals surface area contributed by atoms with Gasteiger partial charge in [0.15, 0.2) is 0 Å². The molecule has 1 aromatic carbocycles. The molecule has 1 heterocycles. The van der Waals surface area contributed by atoms with E-state index in [0.29, 0.717) is 12.6 Å². The Balaban J connectivity index is 1.72. The first-order valence-corrected chi connectivity index (χ1v) is 8.03. The smallest absolute Gasteiger partial charge is 0.129 e. The molecule has 0 amide bonds. The Morgan fingerprint density at radius 3 is 2.90 bits per heavy atom. The van der Waals surface area contributed by atoms with E-state index in [1.54, 1.807) is 6.07 Å². The van der Waals surface area contributed by atoms with Crippen molar-refractivity contribution in [3.8, 4) is 0 Å². The monoisotopic (exact) mass is 276 g/mol. The lowest BCUT2D eigenvalue weighted by molar-refractivity contribution is 0.529. The minimum Gasteiger partial charge on any atom is -0.371 e. The van der Waals surface area contributed by atoms with Crippen LogP contribution in [-0.2, 0) is 6.54 Å². The second-order valence-corrected chi connectivity index (χ2v) is 6.28. The number of rotatable bonds is 6. The molecule has 0 radical (unpaired) electrons. The normalized spacial score (nSPS) is 22.5. The van der Waals surface area contributed by atoms with Crippen LogP contribution >= 0.6 is 0 Å². The van der Waals surface area contributed by atoms with Crippen molar-refractivity contribution in [3.05, 3.63) is 29.6 Å². The third-order valence-electron chi connectivity index (χ3n) is 4.56. The molecule has 20 heavy (non-hydrogen) atoms. The molecule has 0 spiro atoms. The highest BCUT2D eigenvalue weighted by atomic mass is 19.1. The van der Waals surface area contributed by atoms with Gasteiger partial charge < -0.3 is 10.2 Å². The van der Waals surface area contributed by atoms with Gasteiger partial charge in [-0.1, -0.05) is 19.4 Å². The lowest BCUT2D eigenvalue weighted by atomic mass is 10.0. The minimum absolute atomic E-state index is 0.0606. The van der Waals surface area contributed by atoms with E-state index in [-0.39, 0.29) is 5.82 Å². The molecular formula is C17H25FN2. The summed E-state index contributed by atoms with van der Waals surface area (Å²) in [5, 5.41) is 3.45. The van der Waals surface area contributed by atoms with Gasteiger partial charge in [-0.05, 0) is 43.7 Å². The molecule has 0 aromatic heterocycles. The van der Waals surface area contributed by atoms with Gasteiger partial charge in [0, 0.05) is 36.9 Å². The molecular weight excluding hydrogens is 251 g/mol. The molecule has 110 valence electrons. The van der Waals surface area contributed by atoms with Crippen molar-refractivity contribution in [2.24, 2.45) is 5.92 Å². The Hall–Kier alpha value is -1.09. The second-order valence-electron chi connectivity index (χ2n) is 6.28. The zero-order valence-corrected chi connectivity index (χ0v) is 12.4. The van der Waals surface area contributed by atoms with Gasteiger partial charge in [-0.15, -0.1) is 0 Å². The average molecular weight is 276 g/mol. The maximum absolute atomic E-state index is 14.2. The average Bonchev–Trinajstić information content (AvgIpc) is 3.16. The van der Waals surface area contributed by atoms with Crippen LogP contribution in [0.3, 0.4) is 0 Å². The van der Waals surface area contributed by atoms with Gasteiger partial charge >= 0.3 is 0 Å². The van der Waals surface area contributed by atoms with E-state index < -0.39 is 0 Å². The van der Waals surface area contributed by atoms with E-state index in [9.17, 15) is 4.39 Å². The van der Waals surface area contributed by atoms with E-state index >= 15 is 0 Å². The van der Waals surface area contributed by atoms with Gasteiger partial charge in [-0.2, -0.15) is 0 Å². The highest BCUT2D eigenvalue weighted by Gasteiger charge is 2.26. The van der Waals surface area contributed by atoms with Gasteiger partial charge in [0.1, 0.15) is 5.82 Å². The largest absolute Gasteiger partial charge is 0.371 e. The molecule has 3 rings (SSSR count). The predicted octanol–water partition coefficient (Wildman–Crippen LogP) is 3.70. The summed E-state index contributed by atoms with van der Waals surface area (Å²) in [5.74, 6) is 0.724. The quantitative estimate of drug-likeness (QED) is 0.852. The molecule has 1 atom stereocenters. The summed E-state index contributed by atoms with van der Waals surface area (Å²) in [4.78, 5) is 2.38. The van der Waals surface area contributed by atoms with Crippen molar-refractivity contribution < 1.29 is 4.39 Å². The maximum atomic E-state index is 14.2. The number of anilines is 1. The summed E-state index contributed by atoms with van der Waals surface area (Å²) in [6, 6.07) is 6.14. The van der Waals surface area contributed by atoms with Crippen molar-refractivity contribution in [2.45, 2.75) is 51.6 Å². The second kappa shape index (κ2) is 6.13. The molecule has 3 heteroatoms. The standard InChI is InChI=1S/C17H25FN2/c1-2-4-13-9-10-20(12-13)17-6-3-5-16(18)15(17)11-19-14-7-8-14/h3,5-6,13-14,19H,2,4,7-12H2,1H3. The van der Waals surface area contributed by atoms with Crippen molar-refractivity contribution in [1.82, 2.24) is 5.32 Å². The van der Waals surface area contributed by atoms with Crippen LogP contribution < -0.4 is 10.2 Å². The molecule has 2 fully saturated rings. The predicted molar refractivity (Wildman–Crippen MR) is 81.5 cm³/mol. The first-order chi connectivity index (χ1) is 9.78. The van der Waals surface area contributed by atoms with Gasteiger partial charge in [0.2, 0.25) is 0 Å². The van der Waals surface area contributed by atoms with Crippen LogP contribution in [-0.4, -0.2) is 19.1 Å². The molecule has 1 aromatic rings. The first kappa shape index (κ1) is 13.9. The summed E-state index contributed by atoms with van der Waals surface area (Å²) in [6.07, 6.45) is 6.28. The molecule has 1 aliphatic carbocycles. The van der Waals surface area contributed by atoms with Crippen molar-refractivity contribution >= 4 is 5.69 Å². The number of nitrogens with zero attached hydrogens (tertiary/aromatic N) is 1. The first-order valence-electron chi connectivity index (χ1n) is 8.03. The number of hydrogen-bond donors (Lipinski definition) is 1. The highest BCUT2D eigenvalue weighted by Crippen LogP contribution is 2.31. The zero-order valence-electron chi connectivity index (χ0n) is 12.4. The summed E-state index contributed by atoms with van der Waals surface area (Å²) in [5.41, 5.74) is 1.97. The van der Waals surface area contributed by atoms with E-state index in [1.807, 2.05) is 6.07 Å². The fourth-order valence-corrected chi connectivity index (χ4v) is 3.25. The third kappa shape index (κ3) is 3.14. The van der Waals surface area contributed by atoms with Gasteiger partial charge in [-0.25, -0.2) is 4.39 Å². The lowest BCUT2D eigenvalue weighted by Crippen LogP contribution is -2.24. The van der Waals surface area contributed by atoms with Crippen LogP contribution in [0.25, 0.3) is 0 Å². The van der Waals surface area contributed by atoms with Crippen LogP contribution in [0.5, 0.6) is 0 Å². The van der Waals surface area contributed by atoms with Crippen molar-refractivity contribution in [1.29, 1.82) is 0 Å². The van der Waals surface area contributed by atoms with E-state index in [1.165, 1.54) is 32.1 Å². The number of nitrogens with one attached hydrogen (secondary N) is 1. The third-order valence-corrected chi connectivity index (χ3v) is 4.56. The number of benzene rings is 1. The molecule has 1 N–H and O–H groups in total. The maximum Gasteiger partial charge on any atom is 0.129 e. The zero-order chi connectivity index (χ0) is 13.9. The number of hydrogen-bond acceptors (Lipinski definition) is 2. The van der Waals surface area contributed by atoms with E-state index in [4.69, 9.17) is 0 Å². The van der Waals surface area contributed by atoms with Crippen LogP contribution in [0.15, 0.2) is 18.2 Å². The van der Waals surface area contributed by atoms with Crippen molar-refractivity contribution in [3.63, 3.8) is 0 Å².